The van der Waals surface area contributed by atoms with Gasteiger partial charge in [-0.2, -0.15) is 5.26 Å². The average molecular weight is 374 g/mol. The standard InChI is InChI=1S/C18H17ClFN5O/c19-15-9-13(20)1-2-14(15)18(26)24-11-12-3-7-25(8-4-12)17-16(10-21)22-5-6-23-17/h1-2,5-6,9,12H,3-4,7-8,11H2,(H,24,26). The molecule has 0 spiro atoms. The molecular formula is C18H17ClFN5O. The smallest absolute Gasteiger partial charge is 0.252 e. The number of amides is 1. The summed E-state index contributed by atoms with van der Waals surface area (Å²) in [6.45, 7) is 2.00. The molecule has 8 heteroatoms. The Kier molecular flexibility index (Phi) is 5.64. The van der Waals surface area contributed by atoms with Gasteiger partial charge < -0.3 is 10.2 Å². The van der Waals surface area contributed by atoms with Crippen molar-refractivity contribution in [1.82, 2.24) is 15.3 Å². The molecule has 0 unspecified atom stereocenters. The Morgan fingerprint density at radius 1 is 1.35 bits per heavy atom. The van der Waals surface area contributed by atoms with Gasteiger partial charge in [0.15, 0.2) is 11.5 Å². The minimum atomic E-state index is -0.473. The van der Waals surface area contributed by atoms with E-state index in [-0.39, 0.29) is 16.5 Å². The van der Waals surface area contributed by atoms with Crippen LogP contribution in [-0.4, -0.2) is 35.5 Å². The summed E-state index contributed by atoms with van der Waals surface area (Å²) in [6, 6.07) is 5.78. The highest BCUT2D eigenvalue weighted by molar-refractivity contribution is 6.33. The fraction of sp³-hybridized carbons (Fsp3) is 0.333. The van der Waals surface area contributed by atoms with Gasteiger partial charge in [0.1, 0.15) is 11.9 Å². The molecule has 1 fully saturated rings. The van der Waals surface area contributed by atoms with E-state index in [1.807, 2.05) is 4.90 Å². The van der Waals surface area contributed by atoms with Crippen molar-refractivity contribution in [1.29, 1.82) is 5.26 Å². The van der Waals surface area contributed by atoms with Crippen LogP contribution >= 0.6 is 11.6 Å². The second-order valence-electron chi connectivity index (χ2n) is 6.10. The Balaban J connectivity index is 1.53. The number of anilines is 1. The maximum absolute atomic E-state index is 13.1. The van der Waals surface area contributed by atoms with Gasteiger partial charge in [-0.05, 0) is 37.0 Å². The number of hydrogen-bond donors (Lipinski definition) is 1. The molecule has 0 atom stereocenters. The van der Waals surface area contributed by atoms with Gasteiger partial charge in [0.05, 0.1) is 10.6 Å². The summed E-state index contributed by atoms with van der Waals surface area (Å²) in [6.07, 6.45) is 4.80. The van der Waals surface area contributed by atoms with E-state index in [0.717, 1.165) is 32.0 Å². The lowest BCUT2D eigenvalue weighted by molar-refractivity contribution is 0.0945. The number of aromatic nitrogens is 2. The first-order valence-electron chi connectivity index (χ1n) is 8.28. The van der Waals surface area contributed by atoms with Crippen LogP contribution in [0.1, 0.15) is 28.9 Å². The van der Waals surface area contributed by atoms with E-state index >= 15 is 0 Å². The molecule has 26 heavy (non-hydrogen) atoms. The fourth-order valence-corrected chi connectivity index (χ4v) is 3.25. The minimum Gasteiger partial charge on any atom is -0.354 e. The molecule has 1 N–H and O–H groups in total. The van der Waals surface area contributed by atoms with Crippen molar-refractivity contribution < 1.29 is 9.18 Å². The normalized spacial score (nSPS) is 14.7. The first-order valence-corrected chi connectivity index (χ1v) is 8.65. The second kappa shape index (κ2) is 8.11. The Bertz CT molecular complexity index is 846. The van der Waals surface area contributed by atoms with Crippen LogP contribution in [0.4, 0.5) is 10.2 Å². The summed E-state index contributed by atoms with van der Waals surface area (Å²) in [4.78, 5) is 22.5. The average Bonchev–Trinajstić information content (AvgIpc) is 2.66. The number of nitrogens with zero attached hydrogens (tertiary/aromatic N) is 4. The summed E-state index contributed by atoms with van der Waals surface area (Å²) in [5.74, 6) is 0.144. The largest absolute Gasteiger partial charge is 0.354 e. The lowest BCUT2D eigenvalue weighted by atomic mass is 9.96. The third-order valence-corrected chi connectivity index (χ3v) is 4.74. The van der Waals surface area contributed by atoms with Crippen LogP contribution in [0.25, 0.3) is 0 Å². The SMILES string of the molecule is N#Cc1nccnc1N1CCC(CNC(=O)c2ccc(F)cc2Cl)CC1. The Morgan fingerprint density at radius 2 is 2.08 bits per heavy atom. The van der Waals surface area contributed by atoms with E-state index in [4.69, 9.17) is 16.9 Å². The van der Waals surface area contributed by atoms with Gasteiger partial charge >= 0.3 is 0 Å². The van der Waals surface area contributed by atoms with Crippen molar-refractivity contribution in [2.45, 2.75) is 12.8 Å². The molecule has 0 radical (unpaired) electrons. The molecular weight excluding hydrogens is 357 g/mol. The van der Waals surface area contributed by atoms with Crippen molar-refractivity contribution >= 4 is 23.3 Å². The van der Waals surface area contributed by atoms with Crippen molar-refractivity contribution in [3.05, 3.63) is 52.7 Å². The quantitative estimate of drug-likeness (QED) is 0.891. The van der Waals surface area contributed by atoms with Crippen molar-refractivity contribution in [2.24, 2.45) is 5.92 Å². The highest BCUT2D eigenvalue weighted by Gasteiger charge is 2.23. The maximum atomic E-state index is 13.1. The van der Waals surface area contributed by atoms with Crippen molar-refractivity contribution in [3.8, 4) is 6.07 Å². The van der Waals surface area contributed by atoms with Gasteiger partial charge in [0, 0.05) is 32.0 Å². The number of halogens is 2. The minimum absolute atomic E-state index is 0.101. The number of rotatable bonds is 4. The van der Waals surface area contributed by atoms with Crippen LogP contribution in [0.5, 0.6) is 0 Å². The third kappa shape index (κ3) is 4.09. The molecule has 0 saturated carbocycles. The second-order valence-corrected chi connectivity index (χ2v) is 6.51. The van der Waals surface area contributed by atoms with E-state index in [1.165, 1.54) is 18.3 Å². The molecule has 3 rings (SSSR count). The predicted octanol–water partition coefficient (Wildman–Crippen LogP) is 2.79. The van der Waals surface area contributed by atoms with Gasteiger partial charge in [-0.3, -0.25) is 4.79 Å². The van der Waals surface area contributed by atoms with E-state index in [9.17, 15) is 9.18 Å². The number of carbonyl (C=O) groups excluding carboxylic acids is 1. The van der Waals surface area contributed by atoms with Crippen LogP contribution in [0.3, 0.4) is 0 Å². The lowest BCUT2D eigenvalue weighted by Gasteiger charge is -2.32. The zero-order valence-electron chi connectivity index (χ0n) is 14.0. The number of piperidine rings is 1. The van der Waals surface area contributed by atoms with Crippen molar-refractivity contribution in [3.63, 3.8) is 0 Å². The predicted molar refractivity (Wildman–Crippen MR) is 95.4 cm³/mol. The molecule has 0 aliphatic carbocycles. The van der Waals surface area contributed by atoms with Gasteiger partial charge in [0.25, 0.3) is 5.91 Å². The van der Waals surface area contributed by atoms with E-state index in [2.05, 4.69) is 21.4 Å². The zero-order valence-corrected chi connectivity index (χ0v) is 14.7. The molecule has 2 heterocycles. The number of nitrogens with one attached hydrogen (secondary N) is 1. The van der Waals surface area contributed by atoms with E-state index in [0.29, 0.717) is 24.0 Å². The third-order valence-electron chi connectivity index (χ3n) is 4.43. The number of benzene rings is 1. The fourth-order valence-electron chi connectivity index (χ4n) is 3.00. The summed E-state index contributed by atoms with van der Waals surface area (Å²) >= 11 is 5.91. The van der Waals surface area contributed by atoms with E-state index in [1.54, 1.807) is 6.20 Å². The lowest BCUT2D eigenvalue weighted by Crippen LogP contribution is -2.39. The molecule has 1 saturated heterocycles. The molecule has 0 bridgehead atoms. The molecule has 1 aromatic carbocycles. The zero-order chi connectivity index (χ0) is 18.5. The highest BCUT2D eigenvalue weighted by atomic mass is 35.5. The topological polar surface area (TPSA) is 81.9 Å². The summed E-state index contributed by atoms with van der Waals surface area (Å²) in [7, 11) is 0. The molecule has 1 amide bonds. The van der Waals surface area contributed by atoms with Crippen LogP contribution in [-0.2, 0) is 0 Å². The van der Waals surface area contributed by atoms with Crippen LogP contribution in [0, 0.1) is 23.1 Å². The summed E-state index contributed by atoms with van der Waals surface area (Å²) < 4.78 is 13.1. The maximum Gasteiger partial charge on any atom is 0.252 e. The van der Waals surface area contributed by atoms with Gasteiger partial charge in [-0.25, -0.2) is 14.4 Å². The molecule has 134 valence electrons. The molecule has 1 aromatic heterocycles. The summed E-state index contributed by atoms with van der Waals surface area (Å²) in [5, 5.41) is 12.1. The van der Waals surface area contributed by atoms with Crippen LogP contribution in [0.2, 0.25) is 5.02 Å². The van der Waals surface area contributed by atoms with Crippen LogP contribution in [0.15, 0.2) is 30.6 Å². The van der Waals surface area contributed by atoms with Gasteiger partial charge in [-0.1, -0.05) is 11.6 Å². The molecule has 2 aromatic rings. The molecule has 6 nitrogen and oxygen atoms in total. The Labute approximate surface area is 155 Å². The highest BCUT2D eigenvalue weighted by Crippen LogP contribution is 2.23. The number of hydrogen-bond acceptors (Lipinski definition) is 5. The first kappa shape index (κ1) is 18.1. The van der Waals surface area contributed by atoms with Crippen molar-refractivity contribution in [2.75, 3.05) is 24.5 Å². The first-order chi connectivity index (χ1) is 12.6. The monoisotopic (exact) mass is 373 g/mol. The number of carbonyl (C=O) groups is 1. The number of nitriles is 1. The Hall–Kier alpha value is -2.72. The molecule has 1 aliphatic rings. The molecule has 1 aliphatic heterocycles. The Morgan fingerprint density at radius 3 is 2.77 bits per heavy atom. The van der Waals surface area contributed by atoms with Gasteiger partial charge in [0.2, 0.25) is 0 Å². The summed E-state index contributed by atoms with van der Waals surface area (Å²) in [5.41, 5.74) is 0.592. The van der Waals surface area contributed by atoms with Gasteiger partial charge in [-0.15, -0.1) is 0 Å². The van der Waals surface area contributed by atoms with E-state index < -0.39 is 5.82 Å². The van der Waals surface area contributed by atoms with Crippen LogP contribution < -0.4 is 10.2 Å².